The molecule has 14 heavy (non-hydrogen) atoms. The first kappa shape index (κ1) is 10.5. The first-order chi connectivity index (χ1) is 6.27. The molecule has 0 aliphatic rings. The van der Waals surface area contributed by atoms with Crippen molar-refractivity contribution in [3.05, 3.63) is 30.9 Å². The van der Waals surface area contributed by atoms with E-state index in [0.717, 1.165) is 5.69 Å². The number of benzene rings is 1. The second-order valence-corrected chi connectivity index (χ2v) is 2.61. The molecule has 0 unspecified atom stereocenters. The first-order valence-electron chi connectivity index (χ1n) is 3.71. The minimum absolute atomic E-state index is 0. The van der Waals surface area contributed by atoms with Crippen LogP contribution < -0.4 is 5.73 Å². The summed E-state index contributed by atoms with van der Waals surface area (Å²) in [6.45, 7) is 0. The maximum Gasteiger partial charge on any atom is 0.138 e. The summed E-state index contributed by atoms with van der Waals surface area (Å²) < 4.78 is 1.70. The van der Waals surface area contributed by atoms with Gasteiger partial charge in [-0.25, -0.2) is 0 Å². The number of phenols is 1. The maximum absolute atomic E-state index is 9.18. The smallest absolute Gasteiger partial charge is 0.138 e. The minimum atomic E-state index is 0. The van der Waals surface area contributed by atoms with Crippen molar-refractivity contribution in [2.45, 2.75) is 0 Å². The summed E-state index contributed by atoms with van der Waals surface area (Å²) in [5, 5.41) is 16.5. The van der Waals surface area contributed by atoms with Gasteiger partial charge in [0.15, 0.2) is 0 Å². The van der Waals surface area contributed by atoms with Crippen LogP contribution in [0.3, 0.4) is 0 Å². The number of aromatic hydroxyl groups is 1. The van der Waals surface area contributed by atoms with E-state index in [1.165, 1.54) is 6.07 Å². The van der Waals surface area contributed by atoms with Gasteiger partial charge in [-0.15, -0.1) is 27.2 Å². The Morgan fingerprint density at radius 1 is 1.21 bits per heavy atom. The van der Waals surface area contributed by atoms with Gasteiger partial charge in [-0.3, -0.25) is 4.57 Å². The molecule has 2 aromatic rings. The van der Waals surface area contributed by atoms with Gasteiger partial charge in [0.05, 0.1) is 11.4 Å². The molecule has 2 rings (SSSR count). The summed E-state index contributed by atoms with van der Waals surface area (Å²) in [7, 11) is 0. The molecule has 0 radical (unpaired) electrons. The molecule has 0 atom stereocenters. The predicted octanol–water partition coefficient (Wildman–Crippen LogP) is 1.13. The number of nitrogens with zero attached hydrogens (tertiary/aromatic N) is 3. The minimum Gasteiger partial charge on any atom is -0.506 e. The average Bonchev–Trinajstić information content (AvgIpc) is 2.62. The van der Waals surface area contributed by atoms with E-state index in [0.29, 0.717) is 5.69 Å². The first-order valence-corrected chi connectivity index (χ1v) is 3.71. The molecule has 0 saturated carbocycles. The predicted molar refractivity (Wildman–Crippen MR) is 57.8 cm³/mol. The number of hydrogen-bond acceptors (Lipinski definition) is 4. The largest absolute Gasteiger partial charge is 0.506 e. The molecule has 0 bridgehead atoms. The van der Waals surface area contributed by atoms with Gasteiger partial charge in [-0.1, -0.05) is 0 Å². The molecular formula is C8H9BrN4O. The van der Waals surface area contributed by atoms with Crippen molar-refractivity contribution >= 4 is 22.7 Å². The number of phenolic OH excluding ortho intramolecular Hbond substituents is 1. The zero-order valence-corrected chi connectivity index (χ0v) is 8.87. The number of halogens is 1. The van der Waals surface area contributed by atoms with Gasteiger partial charge in [0.2, 0.25) is 0 Å². The van der Waals surface area contributed by atoms with E-state index in [1.54, 1.807) is 29.4 Å². The van der Waals surface area contributed by atoms with Gasteiger partial charge >= 0.3 is 0 Å². The number of aromatic nitrogens is 3. The summed E-state index contributed by atoms with van der Waals surface area (Å²) in [5.74, 6) is 0.0804. The van der Waals surface area contributed by atoms with Crippen molar-refractivity contribution in [2.24, 2.45) is 0 Å². The van der Waals surface area contributed by atoms with E-state index in [9.17, 15) is 5.11 Å². The third-order valence-corrected chi connectivity index (χ3v) is 1.73. The topological polar surface area (TPSA) is 77.0 Å². The van der Waals surface area contributed by atoms with Crippen LogP contribution in [0.2, 0.25) is 0 Å². The van der Waals surface area contributed by atoms with Gasteiger partial charge in [0.25, 0.3) is 0 Å². The highest BCUT2D eigenvalue weighted by atomic mass is 79.9. The Kier molecular flexibility index (Phi) is 3.08. The molecule has 0 fully saturated rings. The number of nitrogens with two attached hydrogens (primary N) is 1. The summed E-state index contributed by atoms with van der Waals surface area (Å²) in [5.41, 5.74) is 6.68. The molecule has 1 heterocycles. The summed E-state index contributed by atoms with van der Waals surface area (Å²) in [6, 6.07) is 4.92. The Morgan fingerprint density at radius 2 is 1.86 bits per heavy atom. The summed E-state index contributed by atoms with van der Waals surface area (Å²) in [4.78, 5) is 0. The molecule has 0 saturated heterocycles. The van der Waals surface area contributed by atoms with Crippen LogP contribution in [0.1, 0.15) is 0 Å². The monoisotopic (exact) mass is 256 g/mol. The Labute approximate surface area is 91.0 Å². The lowest BCUT2D eigenvalue weighted by molar-refractivity contribution is 0.478. The molecule has 0 aliphatic heterocycles. The summed E-state index contributed by atoms with van der Waals surface area (Å²) >= 11 is 0. The van der Waals surface area contributed by atoms with Crippen LogP contribution in [0.4, 0.5) is 5.69 Å². The number of nitrogen functional groups attached to an aromatic ring is 1. The lowest BCUT2D eigenvalue weighted by Gasteiger charge is -2.03. The molecule has 1 aromatic carbocycles. The van der Waals surface area contributed by atoms with E-state index < -0.39 is 0 Å². The van der Waals surface area contributed by atoms with Gasteiger partial charge in [-0.05, 0) is 18.2 Å². The van der Waals surface area contributed by atoms with Crippen LogP contribution in [-0.2, 0) is 0 Å². The third-order valence-electron chi connectivity index (χ3n) is 1.73. The van der Waals surface area contributed by atoms with Crippen molar-refractivity contribution in [2.75, 3.05) is 5.73 Å². The zero-order valence-electron chi connectivity index (χ0n) is 7.16. The number of rotatable bonds is 1. The highest BCUT2D eigenvalue weighted by molar-refractivity contribution is 8.93. The Hall–Kier alpha value is -1.56. The Bertz CT molecular complexity index is 415. The third kappa shape index (κ3) is 1.85. The fourth-order valence-electron chi connectivity index (χ4n) is 1.04. The molecule has 0 aliphatic carbocycles. The highest BCUT2D eigenvalue weighted by Crippen LogP contribution is 2.21. The van der Waals surface area contributed by atoms with E-state index in [-0.39, 0.29) is 22.7 Å². The van der Waals surface area contributed by atoms with Crippen LogP contribution in [0.15, 0.2) is 30.9 Å². The van der Waals surface area contributed by atoms with Gasteiger partial charge in [-0.2, -0.15) is 0 Å². The second-order valence-electron chi connectivity index (χ2n) is 2.61. The van der Waals surface area contributed by atoms with Crippen molar-refractivity contribution in [3.8, 4) is 11.4 Å². The Morgan fingerprint density at radius 3 is 2.43 bits per heavy atom. The molecule has 6 heteroatoms. The van der Waals surface area contributed by atoms with Gasteiger partial charge < -0.3 is 10.8 Å². The lowest BCUT2D eigenvalue weighted by atomic mass is 10.2. The Balaban J connectivity index is 0.000000980. The number of anilines is 1. The summed E-state index contributed by atoms with van der Waals surface area (Å²) in [6.07, 6.45) is 3.12. The van der Waals surface area contributed by atoms with Crippen molar-refractivity contribution in [1.29, 1.82) is 0 Å². The second kappa shape index (κ2) is 4.10. The highest BCUT2D eigenvalue weighted by Gasteiger charge is 1.99. The SMILES string of the molecule is Br.Nc1cc(-n2cnnc2)ccc1O. The van der Waals surface area contributed by atoms with E-state index in [4.69, 9.17) is 5.73 Å². The van der Waals surface area contributed by atoms with Crippen molar-refractivity contribution in [3.63, 3.8) is 0 Å². The van der Waals surface area contributed by atoms with E-state index in [1.807, 2.05) is 0 Å². The van der Waals surface area contributed by atoms with Gasteiger partial charge in [0.1, 0.15) is 18.4 Å². The maximum atomic E-state index is 9.18. The molecule has 0 spiro atoms. The number of hydrogen-bond donors (Lipinski definition) is 2. The van der Waals surface area contributed by atoms with Crippen LogP contribution in [0.5, 0.6) is 5.75 Å². The molecule has 3 N–H and O–H groups in total. The molecule has 1 aromatic heterocycles. The fourth-order valence-corrected chi connectivity index (χ4v) is 1.04. The van der Waals surface area contributed by atoms with Crippen LogP contribution in [0.25, 0.3) is 5.69 Å². The zero-order chi connectivity index (χ0) is 9.26. The standard InChI is InChI=1S/C8H8N4O.BrH/c9-7-3-6(1-2-8(7)13)12-4-10-11-5-12;/h1-5,13H,9H2;1H. The lowest BCUT2D eigenvalue weighted by Crippen LogP contribution is -1.92. The van der Waals surface area contributed by atoms with E-state index >= 15 is 0 Å². The van der Waals surface area contributed by atoms with Crippen LogP contribution in [0, 0.1) is 0 Å². The fraction of sp³-hybridized carbons (Fsp3) is 0. The normalized spacial score (nSPS) is 9.43. The molecular weight excluding hydrogens is 248 g/mol. The molecule has 5 nitrogen and oxygen atoms in total. The molecule has 74 valence electrons. The van der Waals surface area contributed by atoms with Gasteiger partial charge in [0, 0.05) is 0 Å². The quantitative estimate of drug-likeness (QED) is 0.593. The average molecular weight is 257 g/mol. The molecule has 0 amide bonds. The van der Waals surface area contributed by atoms with Crippen molar-refractivity contribution < 1.29 is 5.11 Å². The van der Waals surface area contributed by atoms with Crippen molar-refractivity contribution in [1.82, 2.24) is 14.8 Å². The van der Waals surface area contributed by atoms with Crippen LogP contribution in [-0.4, -0.2) is 19.9 Å². The van der Waals surface area contributed by atoms with E-state index in [2.05, 4.69) is 10.2 Å². The van der Waals surface area contributed by atoms with Crippen LogP contribution >= 0.6 is 17.0 Å².